The van der Waals surface area contributed by atoms with E-state index >= 15 is 0 Å². The van der Waals surface area contributed by atoms with Crippen molar-refractivity contribution < 1.29 is 4.79 Å². The third-order valence-corrected chi connectivity index (χ3v) is 5.25. The van der Waals surface area contributed by atoms with Crippen molar-refractivity contribution in [1.82, 2.24) is 15.5 Å². The molecule has 0 spiro atoms. The molecule has 4 nitrogen and oxygen atoms in total. The number of carbonyl (C=O) groups is 1. The van der Waals surface area contributed by atoms with Crippen LogP contribution >= 0.6 is 0 Å². The van der Waals surface area contributed by atoms with Gasteiger partial charge in [-0.2, -0.15) is 0 Å². The number of fused-ring (bicyclic) bond motifs is 1. The smallest absolute Gasteiger partial charge is 0.169 e. The Kier molecular flexibility index (Phi) is 4.60. The highest BCUT2D eigenvalue weighted by molar-refractivity contribution is 5.90. The first-order chi connectivity index (χ1) is 11.8. The Bertz CT molecular complexity index is 718. The first-order valence-electron chi connectivity index (χ1n) is 8.95. The molecular weight excluding hydrogens is 298 g/mol. The van der Waals surface area contributed by atoms with Crippen molar-refractivity contribution in [3.8, 4) is 0 Å². The number of benzene rings is 2. The molecule has 0 aromatic heterocycles. The Morgan fingerprint density at radius 2 is 2.08 bits per heavy atom. The van der Waals surface area contributed by atoms with E-state index in [-0.39, 0.29) is 12.1 Å². The van der Waals surface area contributed by atoms with Gasteiger partial charge in [0.2, 0.25) is 0 Å². The molecule has 4 rings (SSSR count). The summed E-state index contributed by atoms with van der Waals surface area (Å²) in [4.78, 5) is 15.2. The molecule has 2 saturated heterocycles. The number of rotatable bonds is 4. The monoisotopic (exact) mass is 322 g/mol. The van der Waals surface area contributed by atoms with E-state index in [1.54, 1.807) is 0 Å². The minimum absolute atomic E-state index is 0.0256. The molecule has 2 aromatic rings. The third-order valence-electron chi connectivity index (χ3n) is 5.25. The number of hydrogen-bond acceptors (Lipinski definition) is 3. The molecule has 2 unspecified atom stereocenters. The van der Waals surface area contributed by atoms with Crippen LogP contribution in [0.25, 0.3) is 10.8 Å². The van der Waals surface area contributed by atoms with Gasteiger partial charge in [-0.15, -0.1) is 0 Å². The Labute approximate surface area is 143 Å². The van der Waals surface area contributed by atoms with E-state index in [1.165, 1.54) is 16.3 Å². The first kappa shape index (κ1) is 15.8. The van der Waals surface area contributed by atoms with Crippen molar-refractivity contribution in [2.75, 3.05) is 26.2 Å². The predicted octanol–water partition coefficient (Wildman–Crippen LogP) is 1.95. The van der Waals surface area contributed by atoms with Crippen molar-refractivity contribution in [3.63, 3.8) is 0 Å². The lowest BCUT2D eigenvalue weighted by Crippen LogP contribution is -2.53. The molecule has 0 bridgehead atoms. The van der Waals surface area contributed by atoms with Crippen LogP contribution in [0, 0.1) is 0 Å². The van der Waals surface area contributed by atoms with Gasteiger partial charge in [0, 0.05) is 26.2 Å². The summed E-state index contributed by atoms with van der Waals surface area (Å²) in [5.41, 5.74) is 1.31. The molecule has 2 aromatic carbocycles. The number of likely N-dealkylation sites (tertiary alicyclic amines) is 1. The largest absolute Gasteiger partial charge is 0.313 e. The fraction of sp³-hybridized carbons (Fsp3) is 0.450. The van der Waals surface area contributed by atoms with Gasteiger partial charge in [0.05, 0.1) is 12.1 Å². The van der Waals surface area contributed by atoms with E-state index in [9.17, 15) is 4.79 Å². The quantitative estimate of drug-likeness (QED) is 0.936. The van der Waals surface area contributed by atoms with Crippen molar-refractivity contribution in [3.05, 3.63) is 48.0 Å². The first-order valence-corrected chi connectivity index (χ1v) is 8.95. The Balaban J connectivity index is 1.53. The van der Waals surface area contributed by atoms with E-state index in [1.807, 2.05) is 0 Å². The highest BCUT2D eigenvalue weighted by Gasteiger charge is 2.35. The lowest BCUT2D eigenvalue weighted by Gasteiger charge is -2.29. The standard InChI is InChI=1S/C20H24N3O/c24-20(18-13-21-10-11-22-18)19-9-4-12-23(19)14-16-7-3-6-15-5-1-2-8-17(15)16/h1-3,5-8,18-19,21H,4,9-14H2. The summed E-state index contributed by atoms with van der Waals surface area (Å²) in [7, 11) is 0. The second-order valence-corrected chi connectivity index (χ2v) is 6.80. The summed E-state index contributed by atoms with van der Waals surface area (Å²) in [6.45, 7) is 4.20. The summed E-state index contributed by atoms with van der Waals surface area (Å²) in [5.74, 6) is 0.305. The van der Waals surface area contributed by atoms with E-state index in [4.69, 9.17) is 0 Å². The van der Waals surface area contributed by atoms with Gasteiger partial charge >= 0.3 is 0 Å². The van der Waals surface area contributed by atoms with Gasteiger partial charge < -0.3 is 5.32 Å². The molecule has 0 saturated carbocycles. The van der Waals surface area contributed by atoms with Crippen molar-refractivity contribution in [2.45, 2.75) is 31.5 Å². The Morgan fingerprint density at radius 3 is 2.96 bits per heavy atom. The highest BCUT2D eigenvalue weighted by atomic mass is 16.1. The summed E-state index contributed by atoms with van der Waals surface area (Å²) in [5, 5.41) is 10.4. The molecule has 0 aliphatic carbocycles. The lowest BCUT2D eigenvalue weighted by atomic mass is 10.00. The molecule has 2 atom stereocenters. The number of hydrogen-bond donors (Lipinski definition) is 1. The average Bonchev–Trinajstić information content (AvgIpc) is 3.10. The number of nitrogens with zero attached hydrogens (tertiary/aromatic N) is 2. The molecule has 2 heterocycles. The van der Waals surface area contributed by atoms with Gasteiger partial charge in [-0.25, -0.2) is 5.32 Å². The van der Waals surface area contributed by atoms with Gasteiger partial charge in [-0.1, -0.05) is 42.5 Å². The highest BCUT2D eigenvalue weighted by Crippen LogP contribution is 2.25. The summed E-state index contributed by atoms with van der Waals surface area (Å²) in [6, 6.07) is 14.8. The van der Waals surface area contributed by atoms with E-state index < -0.39 is 0 Å². The second-order valence-electron chi connectivity index (χ2n) is 6.80. The SMILES string of the molecule is O=C(C1CNCC[N]1)C1CCCN1Cc1cccc2ccccc12. The Hall–Kier alpha value is -1.75. The molecule has 1 radical (unpaired) electrons. The molecule has 4 heteroatoms. The molecule has 2 fully saturated rings. The normalized spacial score (nSPS) is 25.2. The fourth-order valence-electron chi connectivity index (χ4n) is 4.00. The van der Waals surface area contributed by atoms with Crippen molar-refractivity contribution >= 4 is 16.6 Å². The molecule has 125 valence electrons. The molecule has 2 aliphatic rings. The summed E-state index contributed by atoms with van der Waals surface area (Å²) < 4.78 is 0. The lowest BCUT2D eigenvalue weighted by molar-refractivity contribution is -0.125. The Morgan fingerprint density at radius 1 is 1.21 bits per heavy atom. The van der Waals surface area contributed by atoms with Crippen LogP contribution in [0.4, 0.5) is 0 Å². The van der Waals surface area contributed by atoms with E-state index in [0.717, 1.165) is 39.0 Å². The average molecular weight is 322 g/mol. The van der Waals surface area contributed by atoms with Crippen molar-refractivity contribution in [2.24, 2.45) is 0 Å². The van der Waals surface area contributed by atoms with Crippen LogP contribution in [0.2, 0.25) is 0 Å². The molecule has 1 N–H and O–H groups in total. The van der Waals surface area contributed by atoms with Crippen LogP contribution in [0.1, 0.15) is 18.4 Å². The minimum Gasteiger partial charge on any atom is -0.313 e. The maximum absolute atomic E-state index is 12.9. The van der Waals surface area contributed by atoms with Crippen LogP contribution in [-0.4, -0.2) is 48.9 Å². The molecule has 0 amide bonds. The zero-order chi connectivity index (χ0) is 16.4. The number of Topliss-reactive ketones (excluding diaryl/α,β-unsaturated/α-hetero) is 1. The maximum atomic E-state index is 12.9. The van der Waals surface area contributed by atoms with Gasteiger partial charge in [-0.05, 0) is 35.7 Å². The zero-order valence-electron chi connectivity index (χ0n) is 13.9. The van der Waals surface area contributed by atoms with Crippen LogP contribution < -0.4 is 10.6 Å². The van der Waals surface area contributed by atoms with Crippen LogP contribution in [0.5, 0.6) is 0 Å². The van der Waals surface area contributed by atoms with E-state index in [2.05, 4.69) is 58.0 Å². The van der Waals surface area contributed by atoms with Crippen LogP contribution in [-0.2, 0) is 11.3 Å². The molecule has 24 heavy (non-hydrogen) atoms. The maximum Gasteiger partial charge on any atom is 0.169 e. The second kappa shape index (κ2) is 7.01. The third kappa shape index (κ3) is 3.09. The van der Waals surface area contributed by atoms with E-state index in [0.29, 0.717) is 12.3 Å². The summed E-state index contributed by atoms with van der Waals surface area (Å²) in [6.07, 6.45) is 2.07. The molecular formula is C20H24N3O. The minimum atomic E-state index is -0.156. The summed E-state index contributed by atoms with van der Waals surface area (Å²) >= 11 is 0. The van der Waals surface area contributed by atoms with Gasteiger partial charge in [-0.3, -0.25) is 9.69 Å². The number of ketones is 1. The number of piperazine rings is 1. The van der Waals surface area contributed by atoms with Gasteiger partial charge in [0.15, 0.2) is 5.78 Å². The van der Waals surface area contributed by atoms with Crippen LogP contribution in [0.3, 0.4) is 0 Å². The number of carbonyl (C=O) groups excluding carboxylic acids is 1. The van der Waals surface area contributed by atoms with Gasteiger partial charge in [0.1, 0.15) is 0 Å². The fourth-order valence-corrected chi connectivity index (χ4v) is 4.00. The number of nitrogens with one attached hydrogen (secondary N) is 1. The zero-order valence-corrected chi connectivity index (χ0v) is 13.9. The topological polar surface area (TPSA) is 46.4 Å². The van der Waals surface area contributed by atoms with Crippen LogP contribution in [0.15, 0.2) is 42.5 Å². The van der Waals surface area contributed by atoms with Crippen molar-refractivity contribution in [1.29, 1.82) is 0 Å². The van der Waals surface area contributed by atoms with Gasteiger partial charge in [0.25, 0.3) is 0 Å². The molecule has 2 aliphatic heterocycles. The predicted molar refractivity (Wildman–Crippen MR) is 96.0 cm³/mol.